The van der Waals surface area contributed by atoms with Gasteiger partial charge in [0.05, 0.1) is 16.1 Å². The molecule has 0 aliphatic heterocycles. The molecule has 1 N–H and O–H groups in total. The fourth-order valence-corrected chi connectivity index (χ4v) is 5.16. The number of benzene rings is 3. The molecule has 8 nitrogen and oxygen atoms in total. The van der Waals surface area contributed by atoms with E-state index in [4.69, 9.17) is 0 Å². The van der Waals surface area contributed by atoms with Crippen LogP contribution in [0.5, 0.6) is 5.88 Å². The average Bonchev–Trinajstić information content (AvgIpc) is 3.08. The van der Waals surface area contributed by atoms with Crippen LogP contribution in [0, 0.1) is 20.8 Å². The second-order valence-corrected chi connectivity index (χ2v) is 10.3. The molecule has 1 aromatic heterocycles. The molecule has 4 aromatic rings. The van der Waals surface area contributed by atoms with Crippen molar-refractivity contribution in [3.8, 4) is 5.88 Å². The highest BCUT2D eigenvalue weighted by Gasteiger charge is 2.27. The number of hydrogen-bond donors (Lipinski definition) is 1. The molecular formula is C26H26N4O4S. The summed E-state index contributed by atoms with van der Waals surface area (Å²) in [6, 6.07) is 18.8. The zero-order chi connectivity index (χ0) is 25.3. The van der Waals surface area contributed by atoms with Crippen LogP contribution in [0.15, 0.2) is 81.9 Å². The van der Waals surface area contributed by atoms with Gasteiger partial charge in [-0.2, -0.15) is 0 Å². The maximum atomic E-state index is 13.5. The van der Waals surface area contributed by atoms with Gasteiger partial charge in [-0.1, -0.05) is 42.0 Å². The Morgan fingerprint density at radius 1 is 0.971 bits per heavy atom. The smallest absolute Gasteiger partial charge is 0.285 e. The Balaban J connectivity index is 1.71. The minimum atomic E-state index is -4.06. The quantitative estimate of drug-likeness (QED) is 0.370. The fraction of sp³-hybridized carbons (Fsp3) is 0.192. The predicted octanol–water partition coefficient (Wildman–Crippen LogP) is 5.31. The predicted molar refractivity (Wildman–Crippen MR) is 136 cm³/mol. The van der Waals surface area contributed by atoms with Crippen molar-refractivity contribution in [1.82, 2.24) is 4.57 Å². The Hall–Kier alpha value is -3.98. The summed E-state index contributed by atoms with van der Waals surface area (Å²) in [5.41, 5.74) is 4.03. The number of anilines is 1. The molecular weight excluding hydrogens is 464 g/mol. The van der Waals surface area contributed by atoms with Crippen molar-refractivity contribution >= 4 is 38.2 Å². The molecule has 0 bridgehead atoms. The number of nitrogens with zero attached hydrogens (tertiary/aromatic N) is 4. The third-order valence-electron chi connectivity index (χ3n) is 5.98. The van der Waals surface area contributed by atoms with Crippen molar-refractivity contribution in [2.24, 2.45) is 17.3 Å². The normalized spacial score (nSPS) is 11.9. The molecule has 3 aromatic carbocycles. The number of aromatic nitrogens is 1. The van der Waals surface area contributed by atoms with E-state index in [1.54, 1.807) is 43.4 Å². The van der Waals surface area contributed by atoms with Crippen molar-refractivity contribution < 1.29 is 18.3 Å². The van der Waals surface area contributed by atoms with E-state index < -0.39 is 22.5 Å². The highest BCUT2D eigenvalue weighted by atomic mass is 32.2. The van der Waals surface area contributed by atoms with Gasteiger partial charge in [0.25, 0.3) is 15.9 Å². The van der Waals surface area contributed by atoms with E-state index in [0.717, 1.165) is 26.5 Å². The summed E-state index contributed by atoms with van der Waals surface area (Å²) >= 11 is 0. The lowest BCUT2D eigenvalue weighted by molar-refractivity contribution is -0.116. The molecule has 4 rings (SSSR count). The molecule has 1 heterocycles. The van der Waals surface area contributed by atoms with Gasteiger partial charge >= 0.3 is 0 Å². The number of carbonyl (C=O) groups excluding carboxylic acids is 1. The largest absolute Gasteiger partial charge is 0.493 e. The molecule has 0 radical (unpaired) electrons. The highest BCUT2D eigenvalue weighted by Crippen LogP contribution is 2.37. The van der Waals surface area contributed by atoms with Gasteiger partial charge in [-0.3, -0.25) is 9.10 Å². The summed E-state index contributed by atoms with van der Waals surface area (Å²) in [4.78, 5) is 13.0. The van der Waals surface area contributed by atoms with Gasteiger partial charge in [-0.25, -0.2) is 8.42 Å². The van der Waals surface area contributed by atoms with E-state index in [-0.39, 0.29) is 16.5 Å². The summed E-state index contributed by atoms with van der Waals surface area (Å²) in [6.45, 7) is 5.12. The van der Waals surface area contributed by atoms with E-state index in [1.165, 1.54) is 16.7 Å². The van der Waals surface area contributed by atoms with E-state index in [9.17, 15) is 18.3 Å². The molecule has 0 aliphatic carbocycles. The number of fused-ring (bicyclic) bond motifs is 1. The number of amides is 1. The summed E-state index contributed by atoms with van der Waals surface area (Å²) in [5.74, 6) is -0.910. The number of para-hydroxylation sites is 1. The van der Waals surface area contributed by atoms with Crippen LogP contribution in [0.2, 0.25) is 0 Å². The van der Waals surface area contributed by atoms with Gasteiger partial charge < -0.3 is 9.67 Å². The molecule has 35 heavy (non-hydrogen) atoms. The number of sulfonamides is 1. The maximum absolute atomic E-state index is 13.5. The van der Waals surface area contributed by atoms with Crippen LogP contribution in [0.4, 0.5) is 11.4 Å². The molecule has 0 spiro atoms. The molecule has 0 atom stereocenters. The van der Waals surface area contributed by atoms with Gasteiger partial charge in [0.15, 0.2) is 5.69 Å². The zero-order valence-corrected chi connectivity index (χ0v) is 20.7. The summed E-state index contributed by atoms with van der Waals surface area (Å²) < 4.78 is 29.7. The van der Waals surface area contributed by atoms with Gasteiger partial charge in [0, 0.05) is 12.4 Å². The van der Waals surface area contributed by atoms with Crippen LogP contribution in [-0.2, 0) is 21.9 Å². The molecule has 0 saturated carbocycles. The van der Waals surface area contributed by atoms with Gasteiger partial charge in [0.2, 0.25) is 5.88 Å². The Kier molecular flexibility index (Phi) is 6.45. The first-order chi connectivity index (χ1) is 16.6. The van der Waals surface area contributed by atoms with E-state index in [2.05, 4.69) is 10.2 Å². The van der Waals surface area contributed by atoms with E-state index >= 15 is 0 Å². The molecule has 1 amide bonds. The number of azo groups is 1. The van der Waals surface area contributed by atoms with Crippen molar-refractivity contribution in [2.45, 2.75) is 25.7 Å². The number of rotatable bonds is 6. The minimum Gasteiger partial charge on any atom is -0.493 e. The highest BCUT2D eigenvalue weighted by molar-refractivity contribution is 7.92. The average molecular weight is 491 g/mol. The van der Waals surface area contributed by atoms with Crippen molar-refractivity contribution in [3.63, 3.8) is 0 Å². The van der Waals surface area contributed by atoms with Crippen LogP contribution in [0.25, 0.3) is 10.9 Å². The number of carbonyl (C=O) groups is 1. The van der Waals surface area contributed by atoms with Crippen LogP contribution < -0.4 is 4.31 Å². The Morgan fingerprint density at radius 2 is 1.66 bits per heavy atom. The van der Waals surface area contributed by atoms with Crippen molar-refractivity contribution in [3.05, 3.63) is 83.4 Å². The monoisotopic (exact) mass is 490 g/mol. The third-order valence-corrected chi connectivity index (χ3v) is 7.77. The van der Waals surface area contributed by atoms with Crippen molar-refractivity contribution in [1.29, 1.82) is 0 Å². The Morgan fingerprint density at radius 3 is 2.34 bits per heavy atom. The second-order valence-electron chi connectivity index (χ2n) is 8.44. The molecule has 9 heteroatoms. The van der Waals surface area contributed by atoms with Crippen LogP contribution >= 0.6 is 0 Å². The summed E-state index contributed by atoms with van der Waals surface area (Å²) in [6.07, 6.45) is 0. The lowest BCUT2D eigenvalue weighted by Crippen LogP contribution is -2.35. The topological polar surface area (TPSA) is 104 Å². The van der Waals surface area contributed by atoms with Crippen LogP contribution in [0.1, 0.15) is 16.7 Å². The third kappa shape index (κ3) is 4.67. The molecule has 180 valence electrons. The summed E-state index contributed by atoms with van der Waals surface area (Å²) in [7, 11) is -2.39. The zero-order valence-electron chi connectivity index (χ0n) is 19.9. The second kappa shape index (κ2) is 9.34. The molecule has 0 fully saturated rings. The van der Waals surface area contributed by atoms with Crippen LogP contribution in [0.3, 0.4) is 0 Å². The van der Waals surface area contributed by atoms with Gasteiger partial charge in [-0.15, -0.1) is 10.2 Å². The Labute approximate surface area is 204 Å². The Bertz CT molecular complexity index is 1550. The van der Waals surface area contributed by atoms with E-state index in [1.807, 2.05) is 39.0 Å². The molecule has 0 unspecified atom stereocenters. The van der Waals surface area contributed by atoms with Crippen LogP contribution in [-0.4, -0.2) is 30.5 Å². The molecule has 0 saturated heterocycles. The minimum absolute atomic E-state index is 0.0674. The first-order valence-electron chi connectivity index (χ1n) is 11.0. The number of aryl methyl sites for hydroxylation is 4. The number of aromatic hydroxyl groups is 1. The first-order valence-corrected chi connectivity index (χ1v) is 12.4. The lowest BCUT2D eigenvalue weighted by atomic mass is 10.1. The maximum Gasteiger partial charge on any atom is 0.285 e. The van der Waals surface area contributed by atoms with E-state index in [0.29, 0.717) is 11.1 Å². The SMILES string of the molecule is Cc1ccc(S(=O)(=O)N(CC(=O)N=Nc2c(O)n(C)c3ccccc23)c2ccc(C)c(C)c2)cc1. The molecule has 0 aliphatic rings. The standard InChI is InChI=1S/C26H26N4O4S/c1-17-9-13-21(14-10-17)35(33,34)30(20-12-11-18(2)19(3)15-20)16-24(31)27-28-25-22-7-5-6-8-23(22)29(4)26(25)32/h5-15,32H,16H2,1-4H3. The van der Waals surface area contributed by atoms with Gasteiger partial charge in [0.1, 0.15) is 6.54 Å². The number of hydrogen-bond acceptors (Lipinski definition) is 5. The first kappa shape index (κ1) is 24.2. The van der Waals surface area contributed by atoms with Gasteiger partial charge in [-0.05, 0) is 62.2 Å². The van der Waals surface area contributed by atoms with Crippen molar-refractivity contribution in [2.75, 3.05) is 10.8 Å². The fourth-order valence-electron chi connectivity index (χ4n) is 3.75. The summed E-state index contributed by atoms with van der Waals surface area (Å²) in [5, 5.41) is 18.8. The lowest BCUT2D eigenvalue weighted by Gasteiger charge is -2.24.